The summed E-state index contributed by atoms with van der Waals surface area (Å²) in [5.41, 5.74) is 7.68. The minimum Gasteiger partial charge on any atom is -0.508 e. The molecular weight excluding hydrogens is 214 g/mol. The van der Waals surface area contributed by atoms with E-state index >= 15 is 0 Å². The summed E-state index contributed by atoms with van der Waals surface area (Å²) in [4.78, 5) is 4.70. The number of hydrogen-bond acceptors (Lipinski definition) is 4. The second kappa shape index (κ2) is 5.49. The van der Waals surface area contributed by atoms with E-state index in [9.17, 15) is 5.11 Å². The van der Waals surface area contributed by atoms with Crippen molar-refractivity contribution in [3.05, 3.63) is 29.3 Å². The van der Waals surface area contributed by atoms with E-state index in [1.807, 2.05) is 12.1 Å². The van der Waals surface area contributed by atoms with Gasteiger partial charge in [-0.15, -0.1) is 0 Å². The number of hydrogen-bond donors (Lipinski definition) is 2. The lowest BCUT2D eigenvalue weighted by Crippen LogP contribution is -2.43. The van der Waals surface area contributed by atoms with Crippen LogP contribution in [0.1, 0.15) is 11.1 Å². The second-order valence-corrected chi connectivity index (χ2v) is 4.75. The van der Waals surface area contributed by atoms with Crippen LogP contribution in [0.5, 0.6) is 5.75 Å². The van der Waals surface area contributed by atoms with Crippen LogP contribution in [-0.4, -0.2) is 48.1 Å². The molecule has 0 spiro atoms. The van der Waals surface area contributed by atoms with Gasteiger partial charge in [0.05, 0.1) is 0 Å². The third kappa shape index (κ3) is 3.19. The number of nitrogens with zero attached hydrogens (tertiary/aromatic N) is 2. The van der Waals surface area contributed by atoms with Crippen molar-refractivity contribution in [2.75, 3.05) is 33.2 Å². The van der Waals surface area contributed by atoms with Gasteiger partial charge in [0.1, 0.15) is 5.75 Å². The van der Waals surface area contributed by atoms with E-state index in [2.05, 4.69) is 16.8 Å². The Kier molecular flexibility index (Phi) is 3.99. The van der Waals surface area contributed by atoms with Gasteiger partial charge in [-0.3, -0.25) is 4.90 Å². The first-order chi connectivity index (χ1) is 8.19. The van der Waals surface area contributed by atoms with E-state index in [0.717, 1.165) is 43.9 Å². The Morgan fingerprint density at radius 3 is 2.59 bits per heavy atom. The van der Waals surface area contributed by atoms with Gasteiger partial charge in [-0.05, 0) is 24.7 Å². The van der Waals surface area contributed by atoms with Gasteiger partial charge in [0.15, 0.2) is 0 Å². The lowest BCUT2D eigenvalue weighted by molar-refractivity contribution is 0.147. The van der Waals surface area contributed by atoms with Gasteiger partial charge in [-0.2, -0.15) is 0 Å². The monoisotopic (exact) mass is 235 g/mol. The standard InChI is InChI=1S/C13H21N3O/c1-15-4-6-16(7-5-15)10-12-8-11(9-14)2-3-13(12)17/h2-3,8,17H,4-7,9-10,14H2,1H3. The largest absolute Gasteiger partial charge is 0.508 e. The van der Waals surface area contributed by atoms with Crippen LogP contribution in [0.4, 0.5) is 0 Å². The molecule has 1 aliphatic rings. The predicted molar refractivity (Wildman–Crippen MR) is 68.8 cm³/mol. The van der Waals surface area contributed by atoms with Crippen molar-refractivity contribution in [2.45, 2.75) is 13.1 Å². The van der Waals surface area contributed by atoms with Crippen LogP contribution < -0.4 is 5.73 Å². The number of aromatic hydroxyl groups is 1. The molecule has 1 fully saturated rings. The highest BCUT2D eigenvalue weighted by Crippen LogP contribution is 2.20. The van der Waals surface area contributed by atoms with Crippen molar-refractivity contribution >= 4 is 0 Å². The molecule has 1 aromatic carbocycles. The zero-order chi connectivity index (χ0) is 12.3. The number of phenols is 1. The van der Waals surface area contributed by atoms with Gasteiger partial charge in [0.25, 0.3) is 0 Å². The minimum absolute atomic E-state index is 0.376. The lowest BCUT2D eigenvalue weighted by atomic mass is 10.1. The molecule has 0 aromatic heterocycles. The summed E-state index contributed by atoms with van der Waals surface area (Å²) in [6.45, 7) is 5.64. The highest BCUT2D eigenvalue weighted by atomic mass is 16.3. The Labute approximate surface area is 103 Å². The fourth-order valence-electron chi connectivity index (χ4n) is 2.14. The van der Waals surface area contributed by atoms with Crippen molar-refractivity contribution in [2.24, 2.45) is 5.73 Å². The molecule has 1 saturated heterocycles. The van der Waals surface area contributed by atoms with Crippen LogP contribution in [0.25, 0.3) is 0 Å². The van der Waals surface area contributed by atoms with Crippen molar-refractivity contribution in [3.63, 3.8) is 0 Å². The molecular formula is C13H21N3O. The molecule has 2 rings (SSSR count). The lowest BCUT2D eigenvalue weighted by Gasteiger charge is -2.32. The molecule has 1 aromatic rings. The average molecular weight is 235 g/mol. The third-order valence-electron chi connectivity index (χ3n) is 3.37. The Balaban J connectivity index is 2.02. The van der Waals surface area contributed by atoms with Gasteiger partial charge in [-0.25, -0.2) is 0 Å². The molecule has 0 amide bonds. The molecule has 3 N–H and O–H groups in total. The molecule has 1 aliphatic heterocycles. The summed E-state index contributed by atoms with van der Waals surface area (Å²) in [5.74, 6) is 0.376. The van der Waals surface area contributed by atoms with Crippen molar-refractivity contribution in [3.8, 4) is 5.75 Å². The van der Waals surface area contributed by atoms with E-state index in [1.54, 1.807) is 6.07 Å². The number of likely N-dealkylation sites (N-methyl/N-ethyl adjacent to an activating group) is 1. The molecule has 0 saturated carbocycles. The molecule has 0 unspecified atom stereocenters. The number of phenolic OH excluding ortho intramolecular Hbond substituents is 1. The van der Waals surface area contributed by atoms with Gasteiger partial charge in [-0.1, -0.05) is 6.07 Å². The first-order valence-corrected chi connectivity index (χ1v) is 6.11. The Hall–Kier alpha value is -1.10. The Bertz CT molecular complexity index is 373. The average Bonchev–Trinajstić information content (AvgIpc) is 2.35. The van der Waals surface area contributed by atoms with Gasteiger partial charge in [0, 0.05) is 44.8 Å². The topological polar surface area (TPSA) is 52.7 Å². The van der Waals surface area contributed by atoms with Crippen LogP contribution in [0.2, 0.25) is 0 Å². The molecule has 0 bridgehead atoms. The molecule has 0 radical (unpaired) electrons. The number of nitrogens with two attached hydrogens (primary N) is 1. The van der Waals surface area contributed by atoms with E-state index in [-0.39, 0.29) is 0 Å². The first-order valence-electron chi connectivity index (χ1n) is 6.11. The molecule has 0 aliphatic carbocycles. The first kappa shape index (κ1) is 12.4. The van der Waals surface area contributed by atoms with E-state index in [0.29, 0.717) is 12.3 Å². The maximum atomic E-state index is 9.84. The van der Waals surface area contributed by atoms with Gasteiger partial charge in [0.2, 0.25) is 0 Å². The fourth-order valence-corrected chi connectivity index (χ4v) is 2.14. The van der Waals surface area contributed by atoms with E-state index in [1.165, 1.54) is 0 Å². The smallest absolute Gasteiger partial charge is 0.120 e. The quantitative estimate of drug-likeness (QED) is 0.805. The molecule has 17 heavy (non-hydrogen) atoms. The van der Waals surface area contributed by atoms with Crippen molar-refractivity contribution in [1.82, 2.24) is 9.80 Å². The number of piperazine rings is 1. The molecule has 4 nitrogen and oxygen atoms in total. The summed E-state index contributed by atoms with van der Waals surface area (Å²) >= 11 is 0. The SMILES string of the molecule is CN1CCN(Cc2cc(CN)ccc2O)CC1. The number of benzene rings is 1. The molecule has 94 valence electrons. The maximum Gasteiger partial charge on any atom is 0.120 e. The van der Waals surface area contributed by atoms with Crippen LogP contribution in [0, 0.1) is 0 Å². The van der Waals surface area contributed by atoms with Gasteiger partial charge < -0.3 is 15.7 Å². The molecule has 0 atom stereocenters. The summed E-state index contributed by atoms with van der Waals surface area (Å²) in [6, 6.07) is 5.63. The van der Waals surface area contributed by atoms with Crippen molar-refractivity contribution < 1.29 is 5.11 Å². The zero-order valence-electron chi connectivity index (χ0n) is 10.4. The van der Waals surface area contributed by atoms with E-state index < -0.39 is 0 Å². The highest BCUT2D eigenvalue weighted by molar-refractivity contribution is 5.36. The summed E-state index contributed by atoms with van der Waals surface area (Å²) in [7, 11) is 2.14. The summed E-state index contributed by atoms with van der Waals surface area (Å²) in [6.07, 6.45) is 0. The normalized spacial score (nSPS) is 18.5. The van der Waals surface area contributed by atoms with Crippen LogP contribution in [0.3, 0.4) is 0 Å². The summed E-state index contributed by atoms with van der Waals surface area (Å²) in [5, 5.41) is 9.84. The number of rotatable bonds is 3. The highest BCUT2D eigenvalue weighted by Gasteiger charge is 2.15. The molecule has 4 heteroatoms. The zero-order valence-corrected chi connectivity index (χ0v) is 10.4. The Morgan fingerprint density at radius 2 is 1.94 bits per heavy atom. The third-order valence-corrected chi connectivity index (χ3v) is 3.37. The second-order valence-electron chi connectivity index (χ2n) is 4.75. The maximum absolute atomic E-state index is 9.84. The predicted octanol–water partition coefficient (Wildman–Crippen LogP) is 0.598. The van der Waals surface area contributed by atoms with Crippen LogP contribution >= 0.6 is 0 Å². The van der Waals surface area contributed by atoms with Crippen LogP contribution in [-0.2, 0) is 13.1 Å². The van der Waals surface area contributed by atoms with Crippen molar-refractivity contribution in [1.29, 1.82) is 0 Å². The van der Waals surface area contributed by atoms with E-state index in [4.69, 9.17) is 5.73 Å². The molecule has 1 heterocycles. The Morgan fingerprint density at radius 1 is 1.24 bits per heavy atom. The summed E-state index contributed by atoms with van der Waals surface area (Å²) < 4.78 is 0. The van der Waals surface area contributed by atoms with Crippen LogP contribution in [0.15, 0.2) is 18.2 Å². The minimum atomic E-state index is 0.376. The van der Waals surface area contributed by atoms with Gasteiger partial charge >= 0.3 is 0 Å². The fraction of sp³-hybridized carbons (Fsp3) is 0.538.